The number of fused-ring (bicyclic) bond motifs is 9. The van der Waals surface area contributed by atoms with Gasteiger partial charge in [0.2, 0.25) is 0 Å². The Morgan fingerprint density at radius 2 is 1.86 bits per heavy atom. The fourth-order valence-corrected chi connectivity index (χ4v) is 6.41. The van der Waals surface area contributed by atoms with Crippen LogP contribution in [0.15, 0.2) is 23.8 Å². The highest BCUT2D eigenvalue weighted by Crippen LogP contribution is 2.67. The minimum absolute atomic E-state index is 0.0628. The monoisotopic (exact) mass is 283 g/mol. The highest BCUT2D eigenvalue weighted by Gasteiger charge is 2.61. The van der Waals surface area contributed by atoms with Gasteiger partial charge in [-0.1, -0.05) is 12.2 Å². The molecule has 4 aliphatic carbocycles. The van der Waals surface area contributed by atoms with E-state index in [4.69, 9.17) is 0 Å². The largest absolute Gasteiger partial charge is 0.275 e. The second-order valence-corrected chi connectivity index (χ2v) is 7.84. The first-order valence-electron chi connectivity index (χ1n) is 8.36. The molecule has 0 spiro atoms. The third-order valence-corrected chi connectivity index (χ3v) is 7.01. The van der Waals surface area contributed by atoms with Crippen LogP contribution >= 0.6 is 0 Å². The van der Waals surface area contributed by atoms with E-state index < -0.39 is 0 Å². The molecule has 0 aromatic heterocycles. The van der Waals surface area contributed by atoms with Crippen molar-refractivity contribution in [3.8, 4) is 0 Å². The smallest absolute Gasteiger partial charge is 0.256 e. The standard InChI is InChI=1S/C18H21NO2/c1-9-4-15(20)19(18(9)21)8-13-6-12-7-14(13)17-11-3-2-10(5-11)16(12)17/h2-4,10-14,16-17H,5-8H2,1H3. The van der Waals surface area contributed by atoms with Crippen molar-refractivity contribution >= 4 is 11.8 Å². The molecule has 5 aliphatic rings. The Bertz CT molecular complexity index is 604. The summed E-state index contributed by atoms with van der Waals surface area (Å²) in [6.07, 6.45) is 10.4. The maximum absolute atomic E-state index is 12.1. The van der Waals surface area contributed by atoms with Gasteiger partial charge in [0.1, 0.15) is 0 Å². The van der Waals surface area contributed by atoms with E-state index in [9.17, 15) is 9.59 Å². The lowest BCUT2D eigenvalue weighted by Crippen LogP contribution is -2.40. The molecule has 0 radical (unpaired) electrons. The third-order valence-electron chi connectivity index (χ3n) is 7.01. The van der Waals surface area contributed by atoms with E-state index in [-0.39, 0.29) is 11.8 Å². The van der Waals surface area contributed by atoms with Crippen LogP contribution in [-0.4, -0.2) is 23.3 Å². The Kier molecular flexibility index (Phi) is 2.25. The normalized spacial score (nSPS) is 49.5. The summed E-state index contributed by atoms with van der Waals surface area (Å²) in [5.41, 5.74) is 0.601. The summed E-state index contributed by atoms with van der Waals surface area (Å²) in [5.74, 6) is 5.41. The fraction of sp³-hybridized carbons (Fsp3) is 0.667. The van der Waals surface area contributed by atoms with Crippen LogP contribution in [0.3, 0.4) is 0 Å². The average Bonchev–Trinajstić information content (AvgIpc) is 3.22. The van der Waals surface area contributed by atoms with Crippen LogP contribution in [0.25, 0.3) is 0 Å². The Morgan fingerprint density at radius 1 is 1.10 bits per heavy atom. The minimum atomic E-state index is -0.0929. The van der Waals surface area contributed by atoms with Crippen LogP contribution in [0.2, 0.25) is 0 Å². The van der Waals surface area contributed by atoms with Crippen LogP contribution in [0.1, 0.15) is 26.2 Å². The molecule has 3 nitrogen and oxygen atoms in total. The topological polar surface area (TPSA) is 37.4 Å². The molecule has 21 heavy (non-hydrogen) atoms. The number of hydrogen-bond acceptors (Lipinski definition) is 2. The van der Waals surface area contributed by atoms with Gasteiger partial charge in [0.15, 0.2) is 0 Å². The first kappa shape index (κ1) is 12.2. The average molecular weight is 283 g/mol. The van der Waals surface area contributed by atoms with Gasteiger partial charge < -0.3 is 0 Å². The molecule has 3 fully saturated rings. The van der Waals surface area contributed by atoms with E-state index in [0.717, 1.165) is 35.5 Å². The van der Waals surface area contributed by atoms with E-state index in [0.29, 0.717) is 18.0 Å². The van der Waals surface area contributed by atoms with E-state index in [1.165, 1.54) is 30.2 Å². The quantitative estimate of drug-likeness (QED) is 0.443. The van der Waals surface area contributed by atoms with Gasteiger partial charge in [0, 0.05) is 18.2 Å². The molecule has 3 heteroatoms. The van der Waals surface area contributed by atoms with Gasteiger partial charge in [-0.25, -0.2) is 0 Å². The molecule has 5 rings (SSSR count). The van der Waals surface area contributed by atoms with Crippen molar-refractivity contribution in [3.63, 3.8) is 0 Å². The Labute approximate surface area is 125 Å². The molecule has 7 atom stereocenters. The SMILES string of the molecule is CC1=CC(=O)N(CC2CC3CC2C2C4C=CC(C4)C32)C1=O. The molecule has 0 saturated heterocycles. The van der Waals surface area contributed by atoms with Gasteiger partial charge in [-0.3, -0.25) is 14.5 Å². The Balaban J connectivity index is 1.36. The van der Waals surface area contributed by atoms with Crippen molar-refractivity contribution < 1.29 is 9.59 Å². The number of rotatable bonds is 2. The Morgan fingerprint density at radius 3 is 2.57 bits per heavy atom. The van der Waals surface area contributed by atoms with Crippen molar-refractivity contribution in [1.29, 1.82) is 0 Å². The minimum Gasteiger partial charge on any atom is -0.275 e. The molecule has 0 N–H and O–H groups in total. The predicted octanol–water partition coefficient (Wildman–Crippen LogP) is 2.40. The van der Waals surface area contributed by atoms with Crippen molar-refractivity contribution in [1.82, 2.24) is 4.90 Å². The van der Waals surface area contributed by atoms with E-state index in [2.05, 4.69) is 12.2 Å². The van der Waals surface area contributed by atoms with Gasteiger partial charge in [0.05, 0.1) is 0 Å². The van der Waals surface area contributed by atoms with E-state index in [1.807, 2.05) is 0 Å². The van der Waals surface area contributed by atoms with Crippen LogP contribution in [0.4, 0.5) is 0 Å². The highest BCUT2D eigenvalue weighted by molar-refractivity contribution is 6.15. The summed E-state index contributed by atoms with van der Waals surface area (Å²) < 4.78 is 0. The van der Waals surface area contributed by atoms with Crippen LogP contribution in [0, 0.1) is 41.4 Å². The number of hydrogen-bond donors (Lipinski definition) is 0. The number of imide groups is 1. The summed E-state index contributed by atoms with van der Waals surface area (Å²) in [6, 6.07) is 0. The van der Waals surface area contributed by atoms with Crippen LogP contribution in [-0.2, 0) is 9.59 Å². The van der Waals surface area contributed by atoms with Crippen LogP contribution < -0.4 is 0 Å². The maximum atomic E-state index is 12.1. The molecule has 7 unspecified atom stereocenters. The van der Waals surface area contributed by atoms with Gasteiger partial charge in [-0.05, 0) is 67.6 Å². The lowest BCUT2D eigenvalue weighted by Gasteiger charge is -2.37. The van der Waals surface area contributed by atoms with Crippen molar-refractivity contribution in [2.75, 3.05) is 6.54 Å². The van der Waals surface area contributed by atoms with Gasteiger partial charge in [-0.15, -0.1) is 0 Å². The van der Waals surface area contributed by atoms with Gasteiger partial charge in [0.25, 0.3) is 11.8 Å². The van der Waals surface area contributed by atoms with Crippen molar-refractivity contribution in [2.24, 2.45) is 41.4 Å². The highest BCUT2D eigenvalue weighted by atomic mass is 16.2. The molecular formula is C18H21NO2. The predicted molar refractivity (Wildman–Crippen MR) is 77.9 cm³/mol. The summed E-state index contributed by atoms with van der Waals surface area (Å²) >= 11 is 0. The molecule has 3 saturated carbocycles. The molecular weight excluding hydrogens is 262 g/mol. The number of amides is 2. The zero-order chi connectivity index (χ0) is 14.3. The molecule has 1 heterocycles. The van der Waals surface area contributed by atoms with Crippen molar-refractivity contribution in [3.05, 3.63) is 23.8 Å². The number of carbonyl (C=O) groups excluding carboxylic acids is 2. The number of nitrogens with zero attached hydrogens (tertiary/aromatic N) is 1. The summed E-state index contributed by atoms with van der Waals surface area (Å²) in [7, 11) is 0. The summed E-state index contributed by atoms with van der Waals surface area (Å²) in [5, 5.41) is 0. The number of allylic oxidation sites excluding steroid dienone is 2. The Hall–Kier alpha value is -1.38. The molecule has 0 aromatic rings. The second-order valence-electron chi connectivity index (χ2n) is 7.84. The van der Waals surface area contributed by atoms with Crippen LogP contribution in [0.5, 0.6) is 0 Å². The molecule has 2 amide bonds. The first-order valence-corrected chi connectivity index (χ1v) is 8.36. The van der Waals surface area contributed by atoms with E-state index >= 15 is 0 Å². The molecule has 110 valence electrons. The van der Waals surface area contributed by atoms with Gasteiger partial charge in [-0.2, -0.15) is 0 Å². The molecule has 1 aliphatic heterocycles. The third kappa shape index (κ3) is 1.45. The zero-order valence-corrected chi connectivity index (χ0v) is 12.4. The second kappa shape index (κ2) is 3.88. The van der Waals surface area contributed by atoms with Gasteiger partial charge >= 0.3 is 0 Å². The zero-order valence-electron chi connectivity index (χ0n) is 12.4. The molecule has 0 aromatic carbocycles. The lowest BCUT2D eigenvalue weighted by atomic mass is 9.69. The molecule has 4 bridgehead atoms. The maximum Gasteiger partial charge on any atom is 0.256 e. The number of carbonyl (C=O) groups is 2. The summed E-state index contributed by atoms with van der Waals surface area (Å²) in [6.45, 7) is 2.41. The van der Waals surface area contributed by atoms with Crippen molar-refractivity contribution in [2.45, 2.75) is 26.2 Å². The van der Waals surface area contributed by atoms with E-state index in [1.54, 1.807) is 6.92 Å². The first-order chi connectivity index (χ1) is 10.1. The fourth-order valence-electron chi connectivity index (χ4n) is 6.41. The summed E-state index contributed by atoms with van der Waals surface area (Å²) in [4.78, 5) is 25.6. The lowest BCUT2D eigenvalue weighted by molar-refractivity contribution is -0.138.